The molecule has 0 aliphatic heterocycles. The van der Waals surface area contributed by atoms with E-state index in [0.29, 0.717) is 5.82 Å². The lowest BCUT2D eigenvalue weighted by Crippen LogP contribution is -2.24. The van der Waals surface area contributed by atoms with Crippen LogP contribution in [0.5, 0.6) is 0 Å². The van der Waals surface area contributed by atoms with Crippen molar-refractivity contribution in [1.29, 1.82) is 0 Å². The number of thiophene rings is 1. The quantitative estimate of drug-likeness (QED) is 0.310. The molecule has 0 atom stereocenters. The van der Waals surface area contributed by atoms with Gasteiger partial charge in [0.25, 0.3) is 0 Å². The third-order valence-corrected chi connectivity index (χ3v) is 4.50. The Morgan fingerprint density at radius 1 is 1.31 bits per heavy atom. The highest BCUT2D eigenvalue weighted by molar-refractivity contribution is 7.17. The molecular weight excluding hydrogens is 350 g/mol. The third kappa shape index (κ3) is 3.55. The second-order valence-electron chi connectivity index (χ2n) is 5.20. The normalized spacial score (nSPS) is 12.3. The van der Waals surface area contributed by atoms with Gasteiger partial charge >= 0.3 is 5.97 Å². The maximum absolute atomic E-state index is 11.9. The number of aromatic nitrogens is 2. The van der Waals surface area contributed by atoms with E-state index in [1.54, 1.807) is 36.7 Å². The molecule has 132 valence electrons. The van der Waals surface area contributed by atoms with Gasteiger partial charge in [-0.2, -0.15) is 0 Å². The van der Waals surface area contributed by atoms with Crippen LogP contribution in [0.3, 0.4) is 0 Å². The molecule has 3 rings (SSSR count). The van der Waals surface area contributed by atoms with E-state index in [4.69, 9.17) is 16.2 Å². The fourth-order valence-electron chi connectivity index (χ4n) is 2.35. The lowest BCUT2D eigenvalue weighted by Gasteiger charge is -2.05. The Morgan fingerprint density at radius 2 is 2.08 bits per heavy atom. The van der Waals surface area contributed by atoms with E-state index in [-0.39, 0.29) is 18.0 Å². The summed E-state index contributed by atoms with van der Waals surface area (Å²) in [5.41, 5.74) is 14.2. The molecule has 0 amide bonds. The van der Waals surface area contributed by atoms with Crippen LogP contribution in [-0.2, 0) is 9.53 Å². The van der Waals surface area contributed by atoms with Crippen LogP contribution in [0.1, 0.15) is 6.92 Å². The fraction of sp³-hybridized carbons (Fsp3) is 0.111. The maximum Gasteiger partial charge on any atom is 0.343 e. The molecule has 8 heteroatoms. The summed E-state index contributed by atoms with van der Waals surface area (Å²) in [6, 6.07) is 7.49. The molecular formula is C18H17N5O2S. The minimum absolute atomic E-state index is 0.00780. The van der Waals surface area contributed by atoms with Gasteiger partial charge in [0, 0.05) is 29.5 Å². The van der Waals surface area contributed by atoms with Crippen molar-refractivity contribution in [3.63, 3.8) is 0 Å². The zero-order chi connectivity index (χ0) is 18.5. The highest BCUT2D eigenvalue weighted by Crippen LogP contribution is 2.33. The fourth-order valence-corrected chi connectivity index (χ4v) is 3.26. The second-order valence-corrected chi connectivity index (χ2v) is 6.11. The van der Waals surface area contributed by atoms with Gasteiger partial charge in [-0.05, 0) is 36.8 Å². The number of carbonyl (C=O) groups excluding carboxylic acids is 1. The number of nitrogens with zero attached hydrogens (tertiary/aromatic N) is 3. The number of carbonyl (C=O) groups is 1. The standard InChI is InChI=1S/C18H17N5O2S/c1-2-25-18(24)12(9-19)17(20)23-15-4-3-14-16(22-15)13(10-26-14)11-5-7-21-8-6-11/h3-10H,2,19H2,1H3,(H2,20,22,23)/b12-9+. The predicted molar refractivity (Wildman–Crippen MR) is 103 cm³/mol. The van der Waals surface area contributed by atoms with Crippen molar-refractivity contribution in [1.82, 2.24) is 9.97 Å². The van der Waals surface area contributed by atoms with Crippen molar-refractivity contribution in [3.8, 4) is 11.1 Å². The van der Waals surface area contributed by atoms with Crippen LogP contribution in [-0.4, -0.2) is 28.4 Å². The monoisotopic (exact) mass is 367 g/mol. The minimum Gasteiger partial charge on any atom is -0.462 e. The highest BCUT2D eigenvalue weighted by atomic mass is 32.1. The molecule has 7 nitrogen and oxygen atoms in total. The molecule has 3 heterocycles. The zero-order valence-electron chi connectivity index (χ0n) is 14.0. The van der Waals surface area contributed by atoms with Crippen molar-refractivity contribution in [3.05, 3.63) is 53.8 Å². The van der Waals surface area contributed by atoms with Gasteiger partial charge in [0.15, 0.2) is 5.82 Å². The Bertz CT molecular complexity index is 995. The van der Waals surface area contributed by atoms with Gasteiger partial charge in [-0.15, -0.1) is 11.3 Å². The number of pyridine rings is 2. The SMILES string of the molecule is CCOC(=O)/C(=C/N)C(N)=Nc1ccc2scc(-c3ccncc3)c2n1. The first kappa shape index (κ1) is 17.6. The number of rotatable bonds is 5. The molecule has 0 fully saturated rings. The van der Waals surface area contributed by atoms with E-state index < -0.39 is 5.97 Å². The lowest BCUT2D eigenvalue weighted by atomic mass is 10.1. The summed E-state index contributed by atoms with van der Waals surface area (Å²) < 4.78 is 5.94. The first-order valence-electron chi connectivity index (χ1n) is 7.86. The van der Waals surface area contributed by atoms with Crippen LogP contribution in [0.25, 0.3) is 21.3 Å². The number of ether oxygens (including phenoxy) is 1. The highest BCUT2D eigenvalue weighted by Gasteiger charge is 2.15. The summed E-state index contributed by atoms with van der Waals surface area (Å²) in [6.45, 7) is 1.92. The zero-order valence-corrected chi connectivity index (χ0v) is 14.9. The number of amidine groups is 1. The smallest absolute Gasteiger partial charge is 0.343 e. The Morgan fingerprint density at radius 3 is 2.77 bits per heavy atom. The van der Waals surface area contributed by atoms with E-state index in [0.717, 1.165) is 27.5 Å². The van der Waals surface area contributed by atoms with Crippen molar-refractivity contribution in [2.75, 3.05) is 6.61 Å². The summed E-state index contributed by atoms with van der Waals surface area (Å²) in [5, 5.41) is 2.04. The number of aliphatic imine (C=N–C) groups is 1. The van der Waals surface area contributed by atoms with Gasteiger partial charge < -0.3 is 16.2 Å². The molecule has 0 saturated carbocycles. The van der Waals surface area contributed by atoms with Crippen LogP contribution < -0.4 is 11.5 Å². The van der Waals surface area contributed by atoms with Crippen LogP contribution in [0.4, 0.5) is 5.82 Å². The van der Waals surface area contributed by atoms with E-state index >= 15 is 0 Å². The summed E-state index contributed by atoms with van der Waals surface area (Å²) in [5.74, 6) is -0.281. The van der Waals surface area contributed by atoms with Gasteiger partial charge in [0.05, 0.1) is 16.8 Å². The topological polar surface area (TPSA) is 116 Å². The lowest BCUT2D eigenvalue weighted by molar-refractivity contribution is -0.137. The van der Waals surface area contributed by atoms with Crippen LogP contribution in [0.15, 0.2) is 58.8 Å². The third-order valence-electron chi connectivity index (χ3n) is 3.57. The molecule has 0 aliphatic rings. The van der Waals surface area contributed by atoms with Crippen LogP contribution in [0.2, 0.25) is 0 Å². The van der Waals surface area contributed by atoms with E-state index in [1.807, 2.05) is 23.6 Å². The van der Waals surface area contributed by atoms with Gasteiger partial charge in [-0.25, -0.2) is 14.8 Å². The first-order valence-corrected chi connectivity index (χ1v) is 8.74. The average molecular weight is 367 g/mol. The van der Waals surface area contributed by atoms with E-state index in [2.05, 4.69) is 15.0 Å². The Labute approximate surface area is 154 Å². The molecule has 3 aromatic rings. The number of esters is 1. The summed E-state index contributed by atoms with van der Waals surface area (Å²) in [7, 11) is 0. The Balaban J connectivity index is 2.00. The summed E-state index contributed by atoms with van der Waals surface area (Å²) in [6.07, 6.45) is 4.55. The summed E-state index contributed by atoms with van der Waals surface area (Å²) in [4.78, 5) is 24.7. The minimum atomic E-state index is -0.620. The first-order chi connectivity index (χ1) is 12.6. The summed E-state index contributed by atoms with van der Waals surface area (Å²) >= 11 is 1.59. The largest absolute Gasteiger partial charge is 0.462 e. The van der Waals surface area contributed by atoms with E-state index in [9.17, 15) is 4.79 Å². The maximum atomic E-state index is 11.9. The van der Waals surface area contributed by atoms with Gasteiger partial charge in [0.2, 0.25) is 0 Å². The van der Waals surface area contributed by atoms with Crippen LogP contribution >= 0.6 is 11.3 Å². The molecule has 0 aliphatic carbocycles. The molecule has 26 heavy (non-hydrogen) atoms. The Kier molecular flexibility index (Phi) is 5.23. The Hall–Kier alpha value is -3.26. The van der Waals surface area contributed by atoms with Gasteiger partial charge in [-0.1, -0.05) is 0 Å². The van der Waals surface area contributed by atoms with Crippen molar-refractivity contribution in [2.24, 2.45) is 16.5 Å². The van der Waals surface area contributed by atoms with Crippen molar-refractivity contribution in [2.45, 2.75) is 6.92 Å². The van der Waals surface area contributed by atoms with Crippen LogP contribution in [0, 0.1) is 0 Å². The number of hydrogen-bond acceptors (Lipinski definition) is 7. The number of hydrogen-bond donors (Lipinski definition) is 2. The molecule has 0 radical (unpaired) electrons. The molecule has 4 N–H and O–H groups in total. The molecule has 0 aromatic carbocycles. The molecule has 0 unspecified atom stereocenters. The average Bonchev–Trinajstić information content (AvgIpc) is 3.06. The predicted octanol–water partition coefficient (Wildman–Crippen LogP) is 2.75. The number of nitrogens with two attached hydrogens (primary N) is 2. The number of fused-ring (bicyclic) bond motifs is 1. The molecule has 0 saturated heterocycles. The van der Waals surface area contributed by atoms with Crippen molar-refractivity contribution >= 4 is 39.2 Å². The molecule has 0 bridgehead atoms. The van der Waals surface area contributed by atoms with Gasteiger partial charge in [-0.3, -0.25) is 4.98 Å². The van der Waals surface area contributed by atoms with Gasteiger partial charge in [0.1, 0.15) is 11.4 Å². The molecule has 3 aromatic heterocycles. The van der Waals surface area contributed by atoms with E-state index in [1.165, 1.54) is 0 Å². The second kappa shape index (κ2) is 7.75. The van der Waals surface area contributed by atoms with Crippen molar-refractivity contribution < 1.29 is 9.53 Å². The molecule has 0 spiro atoms.